The maximum absolute atomic E-state index is 2.59. The zero-order chi connectivity index (χ0) is 65.1. The maximum Gasteiger partial charge on any atom is 0.252 e. The molecule has 4 aliphatic rings. The Kier molecular flexibility index (Phi) is 13.0. The second-order valence-corrected chi connectivity index (χ2v) is 26.0. The third-order valence-electron chi connectivity index (χ3n) is 20.6. The summed E-state index contributed by atoms with van der Waals surface area (Å²) in [5.41, 5.74) is 30.7. The first-order chi connectivity index (χ1) is 49.2. The van der Waals surface area contributed by atoms with Crippen molar-refractivity contribution in [3.8, 4) is 5.69 Å². The first-order valence-corrected chi connectivity index (χ1v) is 34.1. The van der Waals surface area contributed by atoms with Crippen molar-refractivity contribution in [2.24, 2.45) is 0 Å². The lowest BCUT2D eigenvalue weighted by Crippen LogP contribution is -2.61. The zero-order valence-electron chi connectivity index (χ0n) is 54.0. The fraction of sp³-hybridized carbons (Fsp3) is 0. The molecule has 5 heterocycles. The molecule has 0 saturated heterocycles. The van der Waals surface area contributed by atoms with Crippen LogP contribution < -0.4 is 62.2 Å². The Bertz CT molecular complexity index is 5350. The molecule has 1 aromatic heterocycles. The normalized spacial score (nSPS) is 12.9. The third-order valence-corrected chi connectivity index (χ3v) is 20.6. The molecule has 0 N–H and O–H groups in total. The number of nitrogens with zero attached hydrogens (tertiary/aromatic N) is 7. The van der Waals surface area contributed by atoms with Crippen molar-refractivity contribution in [2.75, 3.05) is 29.4 Å². The number of rotatable bonds is 11. The summed E-state index contributed by atoms with van der Waals surface area (Å²) in [5.74, 6) is 0. The first kappa shape index (κ1) is 56.4. The van der Waals surface area contributed by atoms with Gasteiger partial charge in [-0.15, -0.1) is 0 Å². The van der Waals surface area contributed by atoms with Crippen LogP contribution in [0.5, 0.6) is 0 Å². The van der Waals surface area contributed by atoms with Gasteiger partial charge in [0.2, 0.25) is 0 Å². The van der Waals surface area contributed by atoms with Crippen LogP contribution in [-0.4, -0.2) is 18.0 Å². The number of anilines is 18. The molecule has 0 spiro atoms. The van der Waals surface area contributed by atoms with Crippen molar-refractivity contribution in [2.45, 2.75) is 0 Å². The molecule has 7 nitrogen and oxygen atoms in total. The Morgan fingerprint density at radius 1 is 0.192 bits per heavy atom. The third kappa shape index (κ3) is 8.87. The molecular formula is C90H61B2N7. The van der Waals surface area contributed by atoms with Gasteiger partial charge in [0.25, 0.3) is 13.4 Å². The van der Waals surface area contributed by atoms with Crippen LogP contribution >= 0.6 is 0 Å². The molecule has 4 aliphatic heterocycles. The molecule has 0 radical (unpaired) electrons. The van der Waals surface area contributed by atoms with Crippen molar-refractivity contribution in [3.63, 3.8) is 0 Å². The summed E-state index contributed by atoms with van der Waals surface area (Å²) in [5, 5.41) is 2.38. The van der Waals surface area contributed by atoms with Crippen molar-refractivity contribution < 1.29 is 0 Å². The Hall–Kier alpha value is -13.0. The van der Waals surface area contributed by atoms with Crippen molar-refractivity contribution >= 4 is 170 Å². The Morgan fingerprint density at radius 3 is 0.747 bits per heavy atom. The first-order valence-electron chi connectivity index (χ1n) is 34.1. The highest BCUT2D eigenvalue weighted by atomic mass is 15.2. The van der Waals surface area contributed by atoms with Gasteiger partial charge in [0.05, 0.1) is 22.4 Å². The molecule has 0 amide bonds. The molecular weight excluding hydrogens is 1200 g/mol. The number of hydrogen-bond donors (Lipinski definition) is 0. The lowest BCUT2D eigenvalue weighted by atomic mass is 9.33. The van der Waals surface area contributed by atoms with E-state index < -0.39 is 0 Å². The lowest BCUT2D eigenvalue weighted by molar-refractivity contribution is 1.17. The van der Waals surface area contributed by atoms with E-state index in [9.17, 15) is 0 Å². The molecule has 0 unspecified atom stereocenters. The number of aromatic nitrogens is 1. The fourth-order valence-corrected chi connectivity index (χ4v) is 16.6. The van der Waals surface area contributed by atoms with Crippen LogP contribution in [0, 0.1) is 0 Å². The van der Waals surface area contributed by atoms with E-state index in [1.54, 1.807) is 0 Å². The van der Waals surface area contributed by atoms with Crippen LogP contribution in [0.2, 0.25) is 0 Å². The molecule has 0 fully saturated rings. The second-order valence-electron chi connectivity index (χ2n) is 26.0. The molecule has 16 aromatic rings. The summed E-state index contributed by atoms with van der Waals surface area (Å²) >= 11 is 0. The smallest absolute Gasteiger partial charge is 0.252 e. The van der Waals surface area contributed by atoms with E-state index in [4.69, 9.17) is 0 Å². The highest BCUT2D eigenvalue weighted by Gasteiger charge is 2.47. The van der Waals surface area contributed by atoms with Gasteiger partial charge in [0.1, 0.15) is 0 Å². The van der Waals surface area contributed by atoms with Crippen molar-refractivity contribution in [1.29, 1.82) is 0 Å². The highest BCUT2D eigenvalue weighted by Crippen LogP contribution is 2.52. The molecule has 0 aliphatic carbocycles. The van der Waals surface area contributed by atoms with E-state index in [-0.39, 0.29) is 13.4 Å². The van der Waals surface area contributed by atoms with Crippen LogP contribution in [0.3, 0.4) is 0 Å². The number of fused-ring (bicyclic) bond motifs is 11. The summed E-state index contributed by atoms with van der Waals surface area (Å²) in [6.07, 6.45) is 0. The average molecular weight is 1260 g/mol. The highest BCUT2D eigenvalue weighted by molar-refractivity contribution is 7.01. The van der Waals surface area contributed by atoms with Gasteiger partial charge < -0.3 is 34.0 Å². The molecule has 0 bridgehead atoms. The van der Waals surface area contributed by atoms with Crippen LogP contribution in [0.1, 0.15) is 0 Å². The second kappa shape index (κ2) is 22.9. The maximum atomic E-state index is 2.59. The van der Waals surface area contributed by atoms with Crippen LogP contribution in [-0.2, 0) is 0 Å². The van der Waals surface area contributed by atoms with E-state index in [1.807, 2.05) is 0 Å². The van der Waals surface area contributed by atoms with Crippen molar-refractivity contribution in [1.82, 2.24) is 4.57 Å². The average Bonchev–Trinajstić information content (AvgIpc) is 1.68. The molecule has 99 heavy (non-hydrogen) atoms. The summed E-state index contributed by atoms with van der Waals surface area (Å²) in [4.78, 5) is 15.0. The predicted octanol–water partition coefficient (Wildman–Crippen LogP) is 19.9. The molecule has 462 valence electrons. The van der Waals surface area contributed by atoms with E-state index in [0.717, 1.165) is 119 Å². The monoisotopic (exact) mass is 1260 g/mol. The Morgan fingerprint density at radius 2 is 0.444 bits per heavy atom. The van der Waals surface area contributed by atoms with Gasteiger partial charge in [-0.25, -0.2) is 0 Å². The molecule has 15 aromatic carbocycles. The topological polar surface area (TPSA) is 24.4 Å². The summed E-state index contributed by atoms with van der Waals surface area (Å²) < 4.78 is 2.54. The van der Waals surface area contributed by atoms with Crippen LogP contribution in [0.25, 0.3) is 27.5 Å². The van der Waals surface area contributed by atoms with Gasteiger partial charge in [-0.2, -0.15) is 0 Å². The SMILES string of the molecule is c1ccc(N(c2ccccc2)c2cc3c4c(c2)N(c2ccccc2)c2cc5c(cc2B4c2ccccc2N3c2ccccc2)c2cc3c(cc2n5-c2ccccc2)N(c2ccccc2)c2cc(N(c4ccccc4)c4ccccc4)cc4c2B3c2ccccc2N4c2ccccc2)cc1. The quantitative estimate of drug-likeness (QED) is 0.120. The fourth-order valence-electron chi connectivity index (χ4n) is 16.6. The molecule has 0 atom stereocenters. The summed E-state index contributed by atoms with van der Waals surface area (Å²) in [7, 11) is 0. The zero-order valence-corrected chi connectivity index (χ0v) is 54.0. The number of para-hydroxylation sites is 11. The van der Waals surface area contributed by atoms with Gasteiger partial charge in [0.15, 0.2) is 0 Å². The van der Waals surface area contributed by atoms with Gasteiger partial charge in [-0.05, 0) is 191 Å². The number of benzene rings is 15. The van der Waals surface area contributed by atoms with Gasteiger partial charge in [-0.1, -0.05) is 212 Å². The summed E-state index contributed by atoms with van der Waals surface area (Å²) in [6, 6.07) is 137. The van der Waals surface area contributed by atoms with Gasteiger partial charge >= 0.3 is 0 Å². The standard InChI is InChI=1S/C90H61B2N7/c1-10-32-62(33-11-1)93(63-34-12-2-13-35-63)71-54-85-89-87(56-71)98(69-46-24-8-25-47-69)83-60-81-73(58-77(83)91(89)75-50-28-30-52-79(75)95(85)66-40-18-5-19-41-66)74-59-78-84(61-82(74)97(81)68-44-22-7-23-45-68)99(70-48-26-9-27-49-70)88-57-72(94(64-36-14-3-15-37-64)65-38-16-4-17-39-65)55-86-90(88)92(78)76-51-29-31-53-80(76)96(86)67-42-20-6-21-43-67/h1-61H. The summed E-state index contributed by atoms with van der Waals surface area (Å²) in [6.45, 7) is -0.320. The number of hydrogen-bond acceptors (Lipinski definition) is 6. The van der Waals surface area contributed by atoms with E-state index in [2.05, 4.69) is 404 Å². The predicted molar refractivity (Wildman–Crippen MR) is 418 cm³/mol. The van der Waals surface area contributed by atoms with E-state index >= 15 is 0 Å². The Labute approximate surface area is 576 Å². The van der Waals surface area contributed by atoms with Gasteiger partial charge in [0, 0.05) is 107 Å². The van der Waals surface area contributed by atoms with Crippen molar-refractivity contribution in [3.05, 3.63) is 370 Å². The van der Waals surface area contributed by atoms with Crippen LogP contribution in [0.4, 0.5) is 102 Å². The van der Waals surface area contributed by atoms with E-state index in [1.165, 1.54) is 43.5 Å². The lowest BCUT2D eigenvalue weighted by Gasteiger charge is -2.45. The minimum atomic E-state index is -0.160. The minimum absolute atomic E-state index is 0.160. The van der Waals surface area contributed by atoms with E-state index in [0.29, 0.717) is 0 Å². The van der Waals surface area contributed by atoms with Gasteiger partial charge in [-0.3, -0.25) is 0 Å². The van der Waals surface area contributed by atoms with Crippen LogP contribution in [0.15, 0.2) is 370 Å². The molecule has 0 saturated carbocycles. The Balaban J connectivity index is 0.900. The molecule has 9 heteroatoms. The minimum Gasteiger partial charge on any atom is -0.311 e. The largest absolute Gasteiger partial charge is 0.311 e. The molecule has 20 rings (SSSR count).